The van der Waals surface area contributed by atoms with E-state index in [-0.39, 0.29) is 41.5 Å². The van der Waals surface area contributed by atoms with Crippen LogP contribution in [0.5, 0.6) is 0 Å². The minimum atomic E-state index is -1.12. The van der Waals surface area contributed by atoms with E-state index in [1.165, 1.54) is 5.57 Å². The highest BCUT2D eigenvalue weighted by Gasteiger charge is 2.69. The first kappa shape index (κ1) is 23.1. The molecule has 174 valence electrons. The van der Waals surface area contributed by atoms with Crippen LogP contribution in [0.15, 0.2) is 11.6 Å². The monoisotopic (exact) mass is 434 g/mol. The number of aliphatic hydroxyl groups excluding tert-OH is 2. The fraction of sp³-hybridized carbons (Fsp3) is 0.840. The van der Waals surface area contributed by atoms with Gasteiger partial charge >= 0.3 is 0 Å². The zero-order valence-electron chi connectivity index (χ0n) is 19.2. The van der Waals surface area contributed by atoms with Crippen LogP contribution in [0.4, 0.5) is 0 Å². The van der Waals surface area contributed by atoms with Crippen LogP contribution in [0.25, 0.3) is 0 Å². The predicted molar refractivity (Wildman–Crippen MR) is 115 cm³/mol. The summed E-state index contributed by atoms with van der Waals surface area (Å²) in [6, 6.07) is 0. The third kappa shape index (κ3) is 3.36. The van der Waals surface area contributed by atoms with Crippen LogP contribution in [0, 0.1) is 28.6 Å². The van der Waals surface area contributed by atoms with E-state index >= 15 is 0 Å². The zero-order valence-corrected chi connectivity index (χ0v) is 19.2. The van der Waals surface area contributed by atoms with Gasteiger partial charge in [0.25, 0.3) is 0 Å². The maximum atomic E-state index is 13.1. The van der Waals surface area contributed by atoms with Crippen LogP contribution in [0.1, 0.15) is 72.1 Å². The number of aliphatic hydroxyl groups is 2. The van der Waals surface area contributed by atoms with Gasteiger partial charge in [-0.05, 0) is 74.2 Å². The van der Waals surface area contributed by atoms with Gasteiger partial charge in [-0.1, -0.05) is 26.3 Å². The minimum absolute atomic E-state index is 0.0266. The van der Waals surface area contributed by atoms with Crippen molar-refractivity contribution in [2.45, 2.75) is 83.8 Å². The van der Waals surface area contributed by atoms with Gasteiger partial charge in [0.05, 0.1) is 6.10 Å². The van der Waals surface area contributed by atoms with E-state index in [0.717, 1.165) is 32.1 Å². The number of fused-ring (bicyclic) bond motifs is 5. The molecule has 4 rings (SSSR count). The Balaban J connectivity index is 1.67. The first-order chi connectivity index (χ1) is 14.7. The summed E-state index contributed by atoms with van der Waals surface area (Å²) < 4.78 is 11.8. The Hall–Kier alpha value is -1.08. The maximum Gasteiger partial charge on any atom is 0.190 e. The van der Waals surface area contributed by atoms with Crippen LogP contribution in [0.2, 0.25) is 0 Å². The number of carbonyl (C=O) groups is 2. The molecule has 0 aromatic rings. The molecule has 0 heterocycles. The smallest absolute Gasteiger partial charge is 0.190 e. The molecule has 4 aliphatic carbocycles. The van der Waals surface area contributed by atoms with Gasteiger partial charge in [-0.25, -0.2) is 0 Å². The highest BCUT2D eigenvalue weighted by molar-refractivity contribution is 5.92. The first-order valence-corrected chi connectivity index (χ1v) is 12.0. The van der Waals surface area contributed by atoms with Crippen LogP contribution < -0.4 is 0 Å². The summed E-state index contributed by atoms with van der Waals surface area (Å²) in [5.74, 6) is 0.510. The molecule has 7 atom stereocenters. The van der Waals surface area contributed by atoms with Gasteiger partial charge in [0.2, 0.25) is 0 Å². The topological polar surface area (TPSA) is 93.1 Å². The van der Waals surface area contributed by atoms with Crippen molar-refractivity contribution in [1.82, 2.24) is 0 Å². The van der Waals surface area contributed by atoms with Crippen molar-refractivity contribution < 1.29 is 29.3 Å². The zero-order chi connectivity index (χ0) is 22.4. The van der Waals surface area contributed by atoms with Crippen molar-refractivity contribution in [1.29, 1.82) is 0 Å². The standard InChI is InChI=1S/C25H38O6/c1-4-11-30-15-31-25(21(29)14-26)10-8-19-18-6-5-16-12-17(27)7-9-23(16,2)22(18)20(28)13-24(19,25)3/h12,18-20,22,26,28H,4-11,13-15H2,1-3H3/t18-,19-,20?,22+,23-,24-,25-/m0/s1. The molecule has 31 heavy (non-hydrogen) atoms. The summed E-state index contributed by atoms with van der Waals surface area (Å²) in [4.78, 5) is 25.1. The largest absolute Gasteiger partial charge is 0.393 e. The lowest BCUT2D eigenvalue weighted by atomic mass is 9.45. The summed E-state index contributed by atoms with van der Waals surface area (Å²) in [6.07, 6.45) is 7.13. The Labute approximate surface area is 185 Å². The van der Waals surface area contributed by atoms with E-state index in [9.17, 15) is 19.8 Å². The Morgan fingerprint density at radius 3 is 2.71 bits per heavy atom. The molecule has 0 aliphatic heterocycles. The van der Waals surface area contributed by atoms with Crippen molar-refractivity contribution >= 4 is 11.6 Å². The molecule has 3 saturated carbocycles. The number of hydrogen-bond donors (Lipinski definition) is 2. The summed E-state index contributed by atoms with van der Waals surface area (Å²) in [5.41, 5.74) is -0.626. The van der Waals surface area contributed by atoms with Gasteiger partial charge < -0.3 is 19.7 Å². The first-order valence-electron chi connectivity index (χ1n) is 12.0. The van der Waals surface area contributed by atoms with Crippen LogP contribution >= 0.6 is 0 Å². The number of hydrogen-bond acceptors (Lipinski definition) is 6. The fourth-order valence-corrected chi connectivity index (χ4v) is 7.92. The molecule has 0 spiro atoms. The van der Waals surface area contributed by atoms with E-state index in [0.29, 0.717) is 25.9 Å². The average molecular weight is 435 g/mol. The molecule has 1 unspecified atom stereocenters. The number of Topliss-reactive ketones (excluding diaryl/α,β-unsaturated/α-hetero) is 1. The third-order valence-corrected chi connectivity index (χ3v) is 9.35. The Bertz CT molecular complexity index is 761. The molecule has 6 heteroatoms. The highest BCUT2D eigenvalue weighted by Crippen LogP contribution is 2.68. The molecule has 0 saturated heterocycles. The number of carbonyl (C=O) groups excluding carboxylic acids is 2. The lowest BCUT2D eigenvalue weighted by molar-refractivity contribution is -0.219. The molecule has 4 aliphatic rings. The minimum Gasteiger partial charge on any atom is -0.393 e. The van der Waals surface area contributed by atoms with Crippen LogP contribution in [-0.4, -0.2) is 53.5 Å². The van der Waals surface area contributed by atoms with Crippen molar-refractivity contribution in [2.24, 2.45) is 28.6 Å². The predicted octanol–water partition coefficient (Wildman–Crippen LogP) is 3.19. The Kier molecular flexibility index (Phi) is 6.23. The van der Waals surface area contributed by atoms with Crippen molar-refractivity contribution in [3.63, 3.8) is 0 Å². The second kappa shape index (κ2) is 8.36. The average Bonchev–Trinajstić information content (AvgIpc) is 3.03. The molecule has 0 aromatic heterocycles. The quantitative estimate of drug-likeness (QED) is 0.472. The lowest BCUT2D eigenvalue weighted by Crippen LogP contribution is -2.63. The Morgan fingerprint density at radius 1 is 1.23 bits per heavy atom. The summed E-state index contributed by atoms with van der Waals surface area (Å²) in [5, 5.41) is 21.3. The van der Waals surface area contributed by atoms with E-state index < -0.39 is 23.7 Å². The normalized spacial score (nSPS) is 44.3. The molecule has 2 N–H and O–H groups in total. The molecule has 0 amide bonds. The maximum absolute atomic E-state index is 13.1. The summed E-state index contributed by atoms with van der Waals surface area (Å²) >= 11 is 0. The number of allylic oxidation sites excluding steroid dienone is 1. The molecule has 0 radical (unpaired) electrons. The molecule has 3 fully saturated rings. The van der Waals surface area contributed by atoms with Gasteiger partial charge in [-0.3, -0.25) is 9.59 Å². The number of ketones is 2. The number of rotatable bonds is 7. The molecule has 0 aromatic carbocycles. The molecular weight excluding hydrogens is 396 g/mol. The van der Waals surface area contributed by atoms with E-state index in [1.807, 2.05) is 13.0 Å². The van der Waals surface area contributed by atoms with E-state index in [2.05, 4.69) is 13.8 Å². The third-order valence-electron chi connectivity index (χ3n) is 9.35. The van der Waals surface area contributed by atoms with Gasteiger partial charge in [0, 0.05) is 18.4 Å². The van der Waals surface area contributed by atoms with Gasteiger partial charge in [0.1, 0.15) is 19.0 Å². The van der Waals surface area contributed by atoms with Gasteiger partial charge in [0.15, 0.2) is 11.6 Å². The summed E-state index contributed by atoms with van der Waals surface area (Å²) in [6.45, 7) is 6.35. The fourth-order valence-electron chi connectivity index (χ4n) is 7.92. The molecule has 6 nitrogen and oxygen atoms in total. The van der Waals surface area contributed by atoms with E-state index in [4.69, 9.17) is 9.47 Å². The van der Waals surface area contributed by atoms with Crippen molar-refractivity contribution in [2.75, 3.05) is 20.0 Å². The van der Waals surface area contributed by atoms with Gasteiger partial charge in [-0.15, -0.1) is 0 Å². The van der Waals surface area contributed by atoms with Crippen molar-refractivity contribution in [3.8, 4) is 0 Å². The number of ether oxygens (including phenoxy) is 2. The van der Waals surface area contributed by atoms with Crippen LogP contribution in [-0.2, 0) is 19.1 Å². The second-order valence-corrected chi connectivity index (χ2v) is 10.7. The van der Waals surface area contributed by atoms with E-state index in [1.54, 1.807) is 0 Å². The lowest BCUT2D eigenvalue weighted by Gasteiger charge is -2.61. The Morgan fingerprint density at radius 2 is 2.00 bits per heavy atom. The summed E-state index contributed by atoms with van der Waals surface area (Å²) in [7, 11) is 0. The highest BCUT2D eigenvalue weighted by atomic mass is 16.7. The molecule has 0 bridgehead atoms. The second-order valence-electron chi connectivity index (χ2n) is 10.7. The SMILES string of the molecule is CCCOCO[C@]1(C(=O)CO)CC[C@H]2[C@@H]3CCC4=CC(=O)CC[C@]4(C)[C@H]3C(O)C[C@@]21C. The van der Waals surface area contributed by atoms with Gasteiger partial charge in [-0.2, -0.15) is 0 Å². The van der Waals surface area contributed by atoms with Crippen molar-refractivity contribution in [3.05, 3.63) is 11.6 Å². The molecular formula is C25H38O6. The van der Waals surface area contributed by atoms with Crippen LogP contribution in [0.3, 0.4) is 0 Å².